The predicted octanol–water partition coefficient (Wildman–Crippen LogP) is 3.42. The van der Waals surface area contributed by atoms with E-state index in [0.29, 0.717) is 11.4 Å². The normalized spacial score (nSPS) is 11.0. The maximum atomic E-state index is 13.0. The van der Waals surface area contributed by atoms with Crippen molar-refractivity contribution in [3.63, 3.8) is 0 Å². The molecule has 3 aromatic rings. The molecule has 0 aliphatic heterocycles. The molecule has 4 nitrogen and oxygen atoms in total. The van der Waals surface area contributed by atoms with Crippen molar-refractivity contribution in [2.45, 2.75) is 0 Å². The highest BCUT2D eigenvalue weighted by molar-refractivity contribution is 6.01. The van der Waals surface area contributed by atoms with E-state index in [1.807, 2.05) is 24.3 Å². The third kappa shape index (κ3) is 3.32. The molecule has 1 heterocycles. The van der Waals surface area contributed by atoms with Gasteiger partial charge in [0.2, 0.25) is 5.91 Å². The van der Waals surface area contributed by atoms with E-state index in [1.54, 1.807) is 18.3 Å². The molecular weight excluding hydrogens is 281 g/mol. The van der Waals surface area contributed by atoms with Gasteiger partial charge >= 0.3 is 0 Å². The standard InChI is InChI=1S/C17H12FN3O/c18-12-4-3-5-13(10-12)21-17(22)9-8-14-11-19-15-6-1-2-7-16(15)20-14/h1-11H,(H,21,22)/b9-8+. The summed E-state index contributed by atoms with van der Waals surface area (Å²) in [5, 5.41) is 2.58. The Bertz CT molecular complexity index is 861. The molecule has 3 rings (SSSR count). The van der Waals surface area contributed by atoms with Crippen molar-refractivity contribution in [3.05, 3.63) is 72.3 Å². The van der Waals surface area contributed by atoms with Crippen molar-refractivity contribution in [2.75, 3.05) is 5.32 Å². The van der Waals surface area contributed by atoms with Crippen molar-refractivity contribution in [1.82, 2.24) is 9.97 Å². The minimum atomic E-state index is -0.401. The Hall–Kier alpha value is -3.08. The fourth-order valence-electron chi connectivity index (χ4n) is 1.96. The molecular formula is C17H12FN3O. The number of halogens is 1. The average Bonchev–Trinajstić information content (AvgIpc) is 2.53. The lowest BCUT2D eigenvalue weighted by Gasteiger charge is -2.01. The second kappa shape index (κ2) is 6.13. The molecule has 0 aliphatic rings. The minimum Gasteiger partial charge on any atom is -0.322 e. The number of carbonyl (C=O) groups excluding carboxylic acids is 1. The molecule has 5 heteroatoms. The number of benzene rings is 2. The summed E-state index contributed by atoms with van der Waals surface area (Å²) in [5.74, 6) is -0.761. The van der Waals surface area contributed by atoms with E-state index in [-0.39, 0.29) is 5.91 Å². The summed E-state index contributed by atoms with van der Waals surface area (Å²) in [6, 6.07) is 13.2. The van der Waals surface area contributed by atoms with Crippen LogP contribution in [0.25, 0.3) is 17.1 Å². The van der Waals surface area contributed by atoms with Gasteiger partial charge in [0.15, 0.2) is 0 Å². The summed E-state index contributed by atoms with van der Waals surface area (Å²) in [6.07, 6.45) is 4.49. The lowest BCUT2D eigenvalue weighted by Crippen LogP contribution is -2.07. The van der Waals surface area contributed by atoms with Gasteiger partial charge in [-0.2, -0.15) is 0 Å². The molecule has 0 unspecified atom stereocenters. The summed E-state index contributed by atoms with van der Waals surface area (Å²) in [6.45, 7) is 0. The molecule has 0 radical (unpaired) electrons. The Balaban J connectivity index is 1.73. The zero-order chi connectivity index (χ0) is 15.4. The predicted molar refractivity (Wildman–Crippen MR) is 83.6 cm³/mol. The maximum Gasteiger partial charge on any atom is 0.248 e. The quantitative estimate of drug-likeness (QED) is 0.753. The molecule has 1 amide bonds. The highest BCUT2D eigenvalue weighted by Gasteiger charge is 2.00. The van der Waals surface area contributed by atoms with Crippen molar-refractivity contribution in [2.24, 2.45) is 0 Å². The number of para-hydroxylation sites is 2. The van der Waals surface area contributed by atoms with Gasteiger partial charge in [-0.05, 0) is 36.4 Å². The van der Waals surface area contributed by atoms with Crippen LogP contribution in [0.3, 0.4) is 0 Å². The van der Waals surface area contributed by atoms with Gasteiger partial charge in [0.25, 0.3) is 0 Å². The first-order valence-electron chi connectivity index (χ1n) is 6.67. The van der Waals surface area contributed by atoms with Crippen LogP contribution in [0.15, 0.2) is 60.8 Å². The first-order valence-corrected chi connectivity index (χ1v) is 6.67. The monoisotopic (exact) mass is 293 g/mol. The Morgan fingerprint density at radius 2 is 1.91 bits per heavy atom. The fraction of sp³-hybridized carbons (Fsp3) is 0. The second-order valence-corrected chi connectivity index (χ2v) is 4.62. The molecule has 0 spiro atoms. The van der Waals surface area contributed by atoms with Crippen LogP contribution in [0, 0.1) is 5.82 Å². The lowest BCUT2D eigenvalue weighted by atomic mass is 10.3. The van der Waals surface area contributed by atoms with Gasteiger partial charge in [-0.15, -0.1) is 0 Å². The van der Waals surface area contributed by atoms with Crippen molar-refractivity contribution in [1.29, 1.82) is 0 Å². The number of aromatic nitrogens is 2. The van der Waals surface area contributed by atoms with Crippen LogP contribution in [0.5, 0.6) is 0 Å². The van der Waals surface area contributed by atoms with Gasteiger partial charge in [-0.3, -0.25) is 9.78 Å². The lowest BCUT2D eigenvalue weighted by molar-refractivity contribution is -0.111. The first kappa shape index (κ1) is 13.9. The Morgan fingerprint density at radius 3 is 2.73 bits per heavy atom. The highest BCUT2D eigenvalue weighted by Crippen LogP contribution is 2.11. The summed E-state index contributed by atoms with van der Waals surface area (Å²) < 4.78 is 13.0. The Morgan fingerprint density at radius 1 is 1.09 bits per heavy atom. The molecule has 0 aliphatic carbocycles. The number of anilines is 1. The number of nitrogens with one attached hydrogen (secondary N) is 1. The van der Waals surface area contributed by atoms with Crippen molar-refractivity contribution in [3.8, 4) is 0 Å². The Labute approximate surface area is 126 Å². The van der Waals surface area contributed by atoms with E-state index >= 15 is 0 Å². The summed E-state index contributed by atoms with van der Waals surface area (Å²) in [4.78, 5) is 20.4. The van der Waals surface area contributed by atoms with Crippen LogP contribution >= 0.6 is 0 Å². The number of rotatable bonds is 3. The highest BCUT2D eigenvalue weighted by atomic mass is 19.1. The van der Waals surface area contributed by atoms with Crippen LogP contribution in [0.2, 0.25) is 0 Å². The number of hydrogen-bond acceptors (Lipinski definition) is 3. The van der Waals surface area contributed by atoms with E-state index in [4.69, 9.17) is 0 Å². The average molecular weight is 293 g/mol. The topological polar surface area (TPSA) is 54.9 Å². The Kier molecular flexibility index (Phi) is 3.87. The van der Waals surface area contributed by atoms with E-state index in [0.717, 1.165) is 11.0 Å². The molecule has 1 aromatic heterocycles. The van der Waals surface area contributed by atoms with Crippen LogP contribution < -0.4 is 5.32 Å². The number of nitrogens with zero attached hydrogens (tertiary/aromatic N) is 2. The third-order valence-corrected chi connectivity index (χ3v) is 2.96. The number of hydrogen-bond donors (Lipinski definition) is 1. The van der Waals surface area contributed by atoms with Gasteiger partial charge in [-0.25, -0.2) is 9.37 Å². The molecule has 0 fully saturated rings. The van der Waals surface area contributed by atoms with Crippen LogP contribution in [0.1, 0.15) is 5.69 Å². The van der Waals surface area contributed by atoms with Gasteiger partial charge in [0.1, 0.15) is 5.82 Å². The zero-order valence-electron chi connectivity index (χ0n) is 11.5. The molecule has 0 bridgehead atoms. The first-order chi connectivity index (χ1) is 10.7. The molecule has 2 aromatic carbocycles. The van der Waals surface area contributed by atoms with Crippen LogP contribution in [-0.2, 0) is 4.79 Å². The van der Waals surface area contributed by atoms with Crippen molar-refractivity contribution >= 4 is 28.7 Å². The van der Waals surface area contributed by atoms with E-state index in [2.05, 4.69) is 15.3 Å². The minimum absolute atomic E-state index is 0.361. The SMILES string of the molecule is O=C(/C=C/c1cnc2ccccc2n1)Nc1cccc(F)c1. The second-order valence-electron chi connectivity index (χ2n) is 4.62. The smallest absolute Gasteiger partial charge is 0.248 e. The summed E-state index contributed by atoms with van der Waals surface area (Å²) in [5.41, 5.74) is 2.53. The summed E-state index contributed by atoms with van der Waals surface area (Å²) in [7, 11) is 0. The maximum absolute atomic E-state index is 13.0. The number of amides is 1. The molecule has 0 saturated heterocycles. The van der Waals surface area contributed by atoms with Gasteiger partial charge in [-0.1, -0.05) is 18.2 Å². The largest absolute Gasteiger partial charge is 0.322 e. The van der Waals surface area contributed by atoms with Gasteiger partial charge < -0.3 is 5.32 Å². The van der Waals surface area contributed by atoms with Gasteiger partial charge in [0, 0.05) is 11.8 Å². The molecule has 1 N–H and O–H groups in total. The van der Waals surface area contributed by atoms with E-state index < -0.39 is 5.82 Å². The zero-order valence-corrected chi connectivity index (χ0v) is 11.5. The molecule has 0 saturated carbocycles. The van der Waals surface area contributed by atoms with Crippen LogP contribution in [-0.4, -0.2) is 15.9 Å². The van der Waals surface area contributed by atoms with Crippen molar-refractivity contribution < 1.29 is 9.18 Å². The molecule has 108 valence electrons. The number of carbonyl (C=O) groups is 1. The fourth-order valence-corrected chi connectivity index (χ4v) is 1.96. The van der Waals surface area contributed by atoms with E-state index in [9.17, 15) is 9.18 Å². The van der Waals surface area contributed by atoms with E-state index in [1.165, 1.54) is 24.3 Å². The van der Waals surface area contributed by atoms with Gasteiger partial charge in [0.05, 0.1) is 22.9 Å². The number of fused-ring (bicyclic) bond motifs is 1. The summed E-state index contributed by atoms with van der Waals surface area (Å²) >= 11 is 0. The molecule has 0 atom stereocenters. The van der Waals surface area contributed by atoms with Crippen LogP contribution in [0.4, 0.5) is 10.1 Å². The molecule has 22 heavy (non-hydrogen) atoms. The third-order valence-electron chi connectivity index (χ3n) is 2.96.